The van der Waals surface area contributed by atoms with Crippen LogP contribution in [0.2, 0.25) is 0 Å². The molecular weight excluding hydrogens is 262 g/mol. The molecule has 1 N–H and O–H groups in total. The average molecular weight is 290 g/mol. The fraction of sp³-hybridized carbons (Fsp3) is 0.857. The molecule has 2 unspecified atom stereocenters. The van der Waals surface area contributed by atoms with Crippen LogP contribution in [-0.2, 0) is 4.79 Å². The van der Waals surface area contributed by atoms with Crippen molar-refractivity contribution >= 4 is 23.9 Å². The number of nitrogens with zero attached hydrogens (tertiary/aromatic N) is 2. The Morgan fingerprint density at radius 3 is 1.68 bits per heavy atom. The van der Waals surface area contributed by atoms with Crippen LogP contribution in [0.1, 0.15) is 41.5 Å². The number of nitrogens with one attached hydrogen (secondary N) is 1. The van der Waals surface area contributed by atoms with Gasteiger partial charge in [0, 0.05) is 23.5 Å². The fourth-order valence-corrected chi connectivity index (χ4v) is 1.69. The summed E-state index contributed by atoms with van der Waals surface area (Å²) in [6.45, 7) is 12.7. The van der Waals surface area contributed by atoms with Crippen LogP contribution in [0.4, 0.5) is 0 Å². The number of rotatable bonds is 8. The number of Topliss-reactive ketones (excluding diaryl/α,β-unsaturated/α-hetero) is 1. The third-order valence-electron chi connectivity index (χ3n) is 3.02. The van der Waals surface area contributed by atoms with Crippen molar-refractivity contribution < 1.29 is 4.79 Å². The van der Waals surface area contributed by atoms with Crippen LogP contribution < -0.4 is 0 Å². The lowest BCUT2D eigenvalue weighted by Gasteiger charge is -2.13. The van der Waals surface area contributed by atoms with Crippen molar-refractivity contribution in [2.24, 2.45) is 33.9 Å². The van der Waals surface area contributed by atoms with E-state index in [4.69, 9.17) is 5.41 Å². The van der Waals surface area contributed by atoms with Crippen LogP contribution in [0.15, 0.2) is 10.2 Å². The maximum atomic E-state index is 11.6. The average Bonchev–Trinajstić information content (AvgIpc) is 2.31. The van der Waals surface area contributed by atoms with Crippen molar-refractivity contribution in [2.75, 3.05) is 13.1 Å². The molecule has 0 saturated carbocycles. The second kappa shape index (κ2) is 10.1. The van der Waals surface area contributed by atoms with Gasteiger partial charge in [-0.3, -0.25) is 4.79 Å². The molecule has 112 valence electrons. The largest absolute Gasteiger partial charge is 0.309 e. The monoisotopic (exact) mass is 289 g/mol. The highest BCUT2D eigenvalue weighted by molar-refractivity contribution is 5.85. The first-order chi connectivity index (χ1) is 8.27. The fourth-order valence-electron chi connectivity index (χ4n) is 1.69. The molecule has 19 heavy (non-hydrogen) atoms. The Hall–Kier alpha value is -0.770. The topological polar surface area (TPSA) is 65.6 Å². The highest BCUT2D eigenvalue weighted by atomic mass is 35.5. The van der Waals surface area contributed by atoms with Gasteiger partial charge in [0.15, 0.2) is 0 Å². The summed E-state index contributed by atoms with van der Waals surface area (Å²) >= 11 is 0. The van der Waals surface area contributed by atoms with Gasteiger partial charge in [-0.25, -0.2) is 0 Å². The molecule has 0 aromatic rings. The standard InChI is InChI=1S/C14H27N3O.ClH/c1-9(2)13(15)11(5)7-16-17-8-12(6)14(18)10(3)4;/h9-12,15H,7-8H2,1-6H3;1H. The summed E-state index contributed by atoms with van der Waals surface area (Å²) in [5.41, 5.74) is 0.709. The molecule has 5 heteroatoms. The minimum atomic E-state index is -0.0615. The van der Waals surface area contributed by atoms with Crippen molar-refractivity contribution in [3.05, 3.63) is 0 Å². The van der Waals surface area contributed by atoms with Gasteiger partial charge in [0.2, 0.25) is 0 Å². The van der Waals surface area contributed by atoms with Gasteiger partial charge in [0.1, 0.15) is 5.78 Å². The predicted octanol–water partition coefficient (Wildman–Crippen LogP) is 4.03. The van der Waals surface area contributed by atoms with Crippen molar-refractivity contribution in [1.82, 2.24) is 0 Å². The van der Waals surface area contributed by atoms with E-state index in [-0.39, 0.29) is 41.9 Å². The molecule has 4 nitrogen and oxygen atoms in total. The number of hydrogen-bond donors (Lipinski definition) is 1. The van der Waals surface area contributed by atoms with Crippen molar-refractivity contribution in [3.8, 4) is 0 Å². The molecule has 0 amide bonds. The highest BCUT2D eigenvalue weighted by Crippen LogP contribution is 2.09. The maximum Gasteiger partial charge on any atom is 0.140 e. The van der Waals surface area contributed by atoms with Gasteiger partial charge in [-0.05, 0) is 5.92 Å². The smallest absolute Gasteiger partial charge is 0.140 e. The van der Waals surface area contributed by atoms with Gasteiger partial charge >= 0.3 is 0 Å². The number of halogens is 1. The van der Waals surface area contributed by atoms with Gasteiger partial charge < -0.3 is 5.41 Å². The first kappa shape index (κ1) is 20.5. The van der Waals surface area contributed by atoms with E-state index in [0.29, 0.717) is 18.8 Å². The van der Waals surface area contributed by atoms with Crippen LogP contribution in [0.3, 0.4) is 0 Å². The van der Waals surface area contributed by atoms with E-state index in [0.717, 1.165) is 0 Å². The lowest BCUT2D eigenvalue weighted by molar-refractivity contribution is -0.125. The van der Waals surface area contributed by atoms with Gasteiger partial charge in [-0.1, -0.05) is 41.5 Å². The normalized spacial score (nSPS) is 14.5. The van der Waals surface area contributed by atoms with Crippen LogP contribution in [0, 0.1) is 29.1 Å². The van der Waals surface area contributed by atoms with E-state index >= 15 is 0 Å². The zero-order chi connectivity index (χ0) is 14.3. The highest BCUT2D eigenvalue weighted by Gasteiger charge is 2.16. The number of hydrogen-bond acceptors (Lipinski definition) is 4. The Labute approximate surface area is 123 Å². The maximum absolute atomic E-state index is 11.6. The van der Waals surface area contributed by atoms with Gasteiger partial charge in [-0.2, -0.15) is 10.2 Å². The van der Waals surface area contributed by atoms with Crippen LogP contribution in [-0.4, -0.2) is 24.6 Å². The van der Waals surface area contributed by atoms with E-state index in [9.17, 15) is 4.79 Å². The number of carbonyl (C=O) groups excluding carboxylic acids is 1. The minimum Gasteiger partial charge on any atom is -0.309 e. The molecule has 0 aliphatic heterocycles. The molecule has 0 aliphatic rings. The summed E-state index contributed by atoms with van der Waals surface area (Å²) in [6.07, 6.45) is 0. The molecule has 0 radical (unpaired) electrons. The van der Waals surface area contributed by atoms with Crippen LogP contribution >= 0.6 is 12.4 Å². The minimum absolute atomic E-state index is 0. The lowest BCUT2D eigenvalue weighted by atomic mass is 9.96. The number of carbonyl (C=O) groups is 1. The molecule has 0 aromatic carbocycles. The molecule has 0 bridgehead atoms. The Morgan fingerprint density at radius 1 is 0.895 bits per heavy atom. The quantitative estimate of drug-likeness (QED) is 0.532. The lowest BCUT2D eigenvalue weighted by Crippen LogP contribution is -2.20. The molecule has 0 fully saturated rings. The zero-order valence-corrected chi connectivity index (χ0v) is 13.8. The van der Waals surface area contributed by atoms with E-state index in [1.807, 2.05) is 41.5 Å². The van der Waals surface area contributed by atoms with E-state index in [1.54, 1.807) is 0 Å². The van der Waals surface area contributed by atoms with Gasteiger partial charge in [0.05, 0.1) is 13.1 Å². The molecule has 0 rings (SSSR count). The molecule has 0 heterocycles. The summed E-state index contributed by atoms with van der Waals surface area (Å²) in [7, 11) is 0. The molecule has 0 spiro atoms. The predicted molar refractivity (Wildman–Crippen MR) is 82.6 cm³/mol. The Morgan fingerprint density at radius 2 is 1.32 bits per heavy atom. The van der Waals surface area contributed by atoms with Crippen molar-refractivity contribution in [2.45, 2.75) is 41.5 Å². The first-order valence-electron chi connectivity index (χ1n) is 6.72. The van der Waals surface area contributed by atoms with Gasteiger partial charge in [0.25, 0.3) is 0 Å². The number of ketones is 1. The number of azo groups is 1. The molecular formula is C14H28ClN3O. The van der Waals surface area contributed by atoms with Gasteiger partial charge in [-0.15, -0.1) is 12.4 Å². The second-order valence-electron chi connectivity index (χ2n) is 5.62. The molecule has 0 saturated heterocycles. The summed E-state index contributed by atoms with van der Waals surface area (Å²) in [5.74, 6) is 0.621. The van der Waals surface area contributed by atoms with Crippen LogP contribution in [0.25, 0.3) is 0 Å². The molecule has 2 atom stereocenters. The first-order valence-corrected chi connectivity index (χ1v) is 6.72. The SMILES string of the molecule is CC(C)C(=N)C(C)CN=NCC(C)C(=O)C(C)C.Cl. The second-order valence-corrected chi connectivity index (χ2v) is 5.62. The van der Waals surface area contributed by atoms with E-state index < -0.39 is 0 Å². The van der Waals surface area contributed by atoms with E-state index in [1.165, 1.54) is 0 Å². The summed E-state index contributed by atoms with van der Waals surface area (Å²) in [4.78, 5) is 11.6. The summed E-state index contributed by atoms with van der Waals surface area (Å²) < 4.78 is 0. The Bertz CT molecular complexity index is 284. The van der Waals surface area contributed by atoms with Crippen molar-refractivity contribution in [3.63, 3.8) is 0 Å². The van der Waals surface area contributed by atoms with Crippen LogP contribution in [0.5, 0.6) is 0 Å². The van der Waals surface area contributed by atoms with Crippen molar-refractivity contribution in [1.29, 1.82) is 5.41 Å². The molecule has 0 aliphatic carbocycles. The summed E-state index contributed by atoms with van der Waals surface area (Å²) in [5, 5.41) is 16.0. The van der Waals surface area contributed by atoms with E-state index in [2.05, 4.69) is 10.2 Å². The third kappa shape index (κ3) is 8.09. The Balaban J connectivity index is 0. The molecule has 0 aromatic heterocycles. The summed E-state index contributed by atoms with van der Waals surface area (Å²) in [6, 6.07) is 0. The third-order valence-corrected chi connectivity index (χ3v) is 3.02. The zero-order valence-electron chi connectivity index (χ0n) is 12.9. The Kier molecular flexibility index (Phi) is 10.9.